The van der Waals surface area contributed by atoms with Crippen LogP contribution in [0.15, 0.2) is 71.6 Å². The van der Waals surface area contributed by atoms with Gasteiger partial charge in [0.25, 0.3) is 10.0 Å². The summed E-state index contributed by atoms with van der Waals surface area (Å²) in [6.45, 7) is 5.66. The molecule has 0 radical (unpaired) electrons. The van der Waals surface area contributed by atoms with E-state index in [0.29, 0.717) is 18.7 Å². The zero-order valence-corrected chi connectivity index (χ0v) is 26.6. The Morgan fingerprint density at radius 2 is 1.69 bits per heavy atom. The van der Waals surface area contributed by atoms with Gasteiger partial charge >= 0.3 is 0 Å². The number of sulfonamides is 1. The van der Waals surface area contributed by atoms with Gasteiger partial charge in [0.05, 0.1) is 27.7 Å². The van der Waals surface area contributed by atoms with E-state index in [2.05, 4.69) is 5.32 Å². The number of methoxy groups -OCH3 is 1. The molecule has 3 aromatic rings. The highest BCUT2D eigenvalue weighted by molar-refractivity contribution is 7.92. The first-order valence-corrected chi connectivity index (χ1v) is 16.0. The van der Waals surface area contributed by atoms with Crippen LogP contribution < -0.4 is 14.4 Å². The van der Waals surface area contributed by atoms with Crippen LogP contribution in [0.5, 0.6) is 5.75 Å². The van der Waals surface area contributed by atoms with Crippen molar-refractivity contribution in [3.63, 3.8) is 0 Å². The normalized spacial score (nSPS) is 12.0. The molecule has 0 saturated carbocycles. The number of carbonyl (C=O) groups excluding carboxylic acids is 2. The van der Waals surface area contributed by atoms with Gasteiger partial charge in [-0.3, -0.25) is 13.9 Å². The third kappa shape index (κ3) is 8.40. The van der Waals surface area contributed by atoms with E-state index in [-0.39, 0.29) is 33.1 Å². The van der Waals surface area contributed by atoms with E-state index in [4.69, 9.17) is 27.9 Å². The summed E-state index contributed by atoms with van der Waals surface area (Å²) in [6.07, 6.45) is 2.02. The van der Waals surface area contributed by atoms with Crippen molar-refractivity contribution in [1.29, 1.82) is 0 Å². The molecule has 11 heteroatoms. The summed E-state index contributed by atoms with van der Waals surface area (Å²) in [6, 6.07) is 17.1. The Morgan fingerprint density at radius 1 is 0.976 bits per heavy atom. The Morgan fingerprint density at radius 3 is 2.31 bits per heavy atom. The minimum atomic E-state index is -4.22. The second-order valence-corrected chi connectivity index (χ2v) is 12.5. The number of hydrogen-bond acceptors (Lipinski definition) is 5. The van der Waals surface area contributed by atoms with Crippen LogP contribution in [-0.2, 0) is 26.2 Å². The third-order valence-corrected chi connectivity index (χ3v) is 9.31. The van der Waals surface area contributed by atoms with Crippen molar-refractivity contribution in [1.82, 2.24) is 10.2 Å². The molecule has 226 valence electrons. The molecule has 0 bridgehead atoms. The van der Waals surface area contributed by atoms with Crippen molar-refractivity contribution >= 4 is 50.7 Å². The Kier molecular flexibility index (Phi) is 12.1. The van der Waals surface area contributed by atoms with Crippen LogP contribution in [0.25, 0.3) is 0 Å². The molecule has 1 N–H and O–H groups in total. The molecule has 0 spiro atoms. The fourth-order valence-corrected chi connectivity index (χ4v) is 6.10. The fourth-order valence-electron chi connectivity index (χ4n) is 4.40. The maximum absolute atomic E-state index is 14.2. The Balaban J connectivity index is 2.07. The molecule has 0 aliphatic rings. The lowest BCUT2D eigenvalue weighted by Crippen LogP contribution is -2.52. The van der Waals surface area contributed by atoms with Crippen LogP contribution in [-0.4, -0.2) is 51.4 Å². The minimum absolute atomic E-state index is 0.00988. The molecule has 0 unspecified atom stereocenters. The predicted molar refractivity (Wildman–Crippen MR) is 168 cm³/mol. The van der Waals surface area contributed by atoms with Gasteiger partial charge in [-0.1, -0.05) is 73.3 Å². The second kappa shape index (κ2) is 15.3. The second-order valence-electron chi connectivity index (χ2n) is 9.86. The molecule has 0 aliphatic carbocycles. The van der Waals surface area contributed by atoms with E-state index < -0.39 is 28.5 Å². The van der Waals surface area contributed by atoms with Gasteiger partial charge in [-0.05, 0) is 67.8 Å². The number of benzene rings is 3. The molecule has 0 fully saturated rings. The standard InChI is InChI=1S/C31H37Cl2N3O5S/c1-5-7-17-34-31(38)29(6-2)35(20-23-9-8-10-25(18-23)41-4)30(37)21-36(24-13-16-27(32)28(33)19-24)42(39,40)26-14-11-22(3)12-15-26/h8-16,18-19,29H,5-7,17,20-21H2,1-4H3,(H,34,38)/t29-/m0/s1. The number of carbonyl (C=O) groups is 2. The quantitative estimate of drug-likeness (QED) is 0.212. The molecule has 8 nitrogen and oxygen atoms in total. The van der Waals surface area contributed by atoms with Crippen LogP contribution in [0.2, 0.25) is 10.0 Å². The smallest absolute Gasteiger partial charge is 0.264 e. The molecule has 0 aromatic heterocycles. The molecule has 42 heavy (non-hydrogen) atoms. The predicted octanol–water partition coefficient (Wildman–Crippen LogP) is 6.23. The zero-order chi connectivity index (χ0) is 30.9. The van der Waals surface area contributed by atoms with Gasteiger partial charge in [0, 0.05) is 13.1 Å². The van der Waals surface area contributed by atoms with Gasteiger partial charge in [0.15, 0.2) is 0 Å². The maximum Gasteiger partial charge on any atom is 0.264 e. The Hall–Kier alpha value is -3.27. The van der Waals surface area contributed by atoms with E-state index in [9.17, 15) is 18.0 Å². The average molecular weight is 635 g/mol. The number of amides is 2. The van der Waals surface area contributed by atoms with Gasteiger partial charge < -0.3 is 15.0 Å². The van der Waals surface area contributed by atoms with E-state index >= 15 is 0 Å². The molecule has 3 rings (SSSR count). The van der Waals surface area contributed by atoms with Crippen LogP contribution in [0.4, 0.5) is 5.69 Å². The lowest BCUT2D eigenvalue weighted by atomic mass is 10.1. The summed E-state index contributed by atoms with van der Waals surface area (Å²) >= 11 is 12.4. The number of anilines is 1. The average Bonchev–Trinajstić information content (AvgIpc) is 2.97. The number of rotatable bonds is 14. The molecule has 0 heterocycles. The van der Waals surface area contributed by atoms with Crippen LogP contribution in [0, 0.1) is 6.92 Å². The van der Waals surface area contributed by atoms with Crippen molar-refractivity contribution in [3.05, 3.63) is 87.9 Å². The highest BCUT2D eigenvalue weighted by atomic mass is 35.5. The SMILES string of the molecule is CCCCNC(=O)[C@H](CC)N(Cc1cccc(OC)c1)C(=O)CN(c1ccc(Cl)c(Cl)c1)S(=O)(=O)c1ccc(C)cc1. The monoisotopic (exact) mass is 633 g/mol. The molecule has 1 atom stereocenters. The Bertz CT molecular complexity index is 1480. The van der Waals surface area contributed by atoms with Crippen molar-refractivity contribution < 1.29 is 22.7 Å². The first kappa shape index (κ1) is 33.2. The summed E-state index contributed by atoms with van der Waals surface area (Å²) in [7, 11) is -2.67. The third-order valence-electron chi connectivity index (χ3n) is 6.78. The summed E-state index contributed by atoms with van der Waals surface area (Å²) < 4.78 is 34.3. The summed E-state index contributed by atoms with van der Waals surface area (Å²) in [5.74, 6) is -0.263. The topological polar surface area (TPSA) is 96.0 Å². The fraction of sp³-hybridized carbons (Fsp3) is 0.355. The van der Waals surface area contributed by atoms with Gasteiger partial charge in [-0.15, -0.1) is 0 Å². The number of nitrogens with one attached hydrogen (secondary N) is 1. The highest BCUT2D eigenvalue weighted by Crippen LogP contribution is 2.31. The van der Waals surface area contributed by atoms with Gasteiger partial charge in [-0.2, -0.15) is 0 Å². The van der Waals surface area contributed by atoms with Crippen molar-refractivity contribution in [2.75, 3.05) is 24.5 Å². The largest absolute Gasteiger partial charge is 0.497 e. The molecular weight excluding hydrogens is 597 g/mol. The van der Waals surface area contributed by atoms with E-state index in [1.807, 2.05) is 26.8 Å². The first-order valence-electron chi connectivity index (χ1n) is 13.8. The van der Waals surface area contributed by atoms with Crippen LogP contribution >= 0.6 is 23.2 Å². The van der Waals surface area contributed by atoms with Gasteiger partial charge in [0.2, 0.25) is 11.8 Å². The lowest BCUT2D eigenvalue weighted by Gasteiger charge is -2.33. The van der Waals surface area contributed by atoms with Crippen LogP contribution in [0.1, 0.15) is 44.2 Å². The summed E-state index contributed by atoms with van der Waals surface area (Å²) in [5, 5.41) is 3.30. The number of ether oxygens (including phenoxy) is 1. The van der Waals surface area contributed by atoms with E-state index in [0.717, 1.165) is 28.3 Å². The van der Waals surface area contributed by atoms with E-state index in [1.165, 1.54) is 35.2 Å². The molecule has 3 aromatic carbocycles. The molecular formula is C31H37Cl2N3O5S. The summed E-state index contributed by atoms with van der Waals surface area (Å²) in [4.78, 5) is 28.9. The molecule has 0 aliphatic heterocycles. The summed E-state index contributed by atoms with van der Waals surface area (Å²) in [5.41, 5.74) is 1.78. The van der Waals surface area contributed by atoms with Gasteiger partial charge in [0.1, 0.15) is 18.3 Å². The minimum Gasteiger partial charge on any atom is -0.497 e. The highest BCUT2D eigenvalue weighted by Gasteiger charge is 2.34. The van der Waals surface area contributed by atoms with Crippen molar-refractivity contribution in [2.45, 2.75) is 57.5 Å². The number of hydrogen-bond donors (Lipinski definition) is 1. The first-order chi connectivity index (χ1) is 20.0. The zero-order valence-electron chi connectivity index (χ0n) is 24.3. The lowest BCUT2D eigenvalue weighted by molar-refractivity contribution is -0.140. The molecule has 2 amide bonds. The Labute approximate surface area is 258 Å². The molecule has 0 saturated heterocycles. The number of halogens is 2. The number of unbranched alkanes of at least 4 members (excludes halogenated alkanes) is 1. The maximum atomic E-state index is 14.2. The van der Waals surface area contributed by atoms with Gasteiger partial charge in [-0.25, -0.2) is 8.42 Å². The van der Waals surface area contributed by atoms with Crippen molar-refractivity contribution in [3.8, 4) is 5.75 Å². The van der Waals surface area contributed by atoms with E-state index in [1.54, 1.807) is 37.4 Å². The van der Waals surface area contributed by atoms with Crippen molar-refractivity contribution in [2.24, 2.45) is 0 Å². The number of nitrogens with zero attached hydrogens (tertiary/aromatic N) is 2. The van der Waals surface area contributed by atoms with Crippen LogP contribution in [0.3, 0.4) is 0 Å². The number of aryl methyl sites for hydroxylation is 1.